The van der Waals surface area contributed by atoms with Crippen LogP contribution in [0.4, 0.5) is 0 Å². The van der Waals surface area contributed by atoms with Gasteiger partial charge in [0.15, 0.2) is 10.7 Å². The summed E-state index contributed by atoms with van der Waals surface area (Å²) < 4.78 is 9.94. The molecule has 0 atom stereocenters. The first-order chi connectivity index (χ1) is 8.65. The van der Waals surface area contributed by atoms with Gasteiger partial charge < -0.3 is 19.9 Å². The summed E-state index contributed by atoms with van der Waals surface area (Å²) in [6, 6.07) is 0. The van der Waals surface area contributed by atoms with Gasteiger partial charge in [0, 0.05) is 19.0 Å². The SMILES string of the molecule is COCCOCCNC(=O)c1nc(C(=O)O)cs1. The average molecular weight is 274 g/mol. The van der Waals surface area contributed by atoms with Crippen LogP contribution in [0.1, 0.15) is 20.3 Å². The number of rotatable bonds is 8. The molecule has 1 amide bonds. The van der Waals surface area contributed by atoms with Crippen LogP contribution in [0, 0.1) is 0 Å². The summed E-state index contributed by atoms with van der Waals surface area (Å²) in [7, 11) is 1.58. The largest absolute Gasteiger partial charge is 0.476 e. The van der Waals surface area contributed by atoms with Crippen LogP contribution < -0.4 is 5.32 Å². The smallest absolute Gasteiger partial charge is 0.355 e. The molecule has 18 heavy (non-hydrogen) atoms. The van der Waals surface area contributed by atoms with Gasteiger partial charge >= 0.3 is 5.97 Å². The van der Waals surface area contributed by atoms with Gasteiger partial charge in [-0.05, 0) is 0 Å². The number of carboxylic acids is 1. The van der Waals surface area contributed by atoms with Crippen molar-refractivity contribution in [3.63, 3.8) is 0 Å². The second kappa shape index (κ2) is 7.75. The molecule has 0 aliphatic heterocycles. The fourth-order valence-corrected chi connectivity index (χ4v) is 1.74. The fourth-order valence-electron chi connectivity index (χ4n) is 1.03. The number of aromatic nitrogens is 1. The Kier molecular flexibility index (Phi) is 6.26. The lowest BCUT2D eigenvalue weighted by molar-refractivity contribution is 0.0689. The third kappa shape index (κ3) is 4.78. The first kappa shape index (κ1) is 14.6. The maximum atomic E-state index is 11.5. The molecule has 0 aliphatic rings. The minimum Gasteiger partial charge on any atom is -0.476 e. The second-order valence-corrected chi connectivity index (χ2v) is 4.06. The number of carboxylic acid groups (broad SMARTS) is 1. The van der Waals surface area contributed by atoms with E-state index in [2.05, 4.69) is 10.3 Å². The Hall–Kier alpha value is -1.51. The lowest BCUT2D eigenvalue weighted by Gasteiger charge is -2.04. The monoisotopic (exact) mass is 274 g/mol. The van der Waals surface area contributed by atoms with Crippen LogP contribution in [0.15, 0.2) is 5.38 Å². The molecule has 8 heteroatoms. The van der Waals surface area contributed by atoms with E-state index in [1.807, 2.05) is 0 Å². The average Bonchev–Trinajstić information content (AvgIpc) is 2.83. The lowest BCUT2D eigenvalue weighted by Crippen LogP contribution is -2.27. The highest BCUT2D eigenvalue weighted by molar-refractivity contribution is 7.11. The maximum Gasteiger partial charge on any atom is 0.355 e. The summed E-state index contributed by atoms with van der Waals surface area (Å²) in [5.74, 6) is -1.55. The van der Waals surface area contributed by atoms with Crippen LogP contribution in [0.25, 0.3) is 0 Å². The van der Waals surface area contributed by atoms with E-state index in [4.69, 9.17) is 14.6 Å². The van der Waals surface area contributed by atoms with Crippen molar-refractivity contribution >= 4 is 23.2 Å². The highest BCUT2D eigenvalue weighted by Crippen LogP contribution is 2.09. The van der Waals surface area contributed by atoms with Crippen LogP contribution >= 0.6 is 11.3 Å². The molecule has 0 fully saturated rings. The molecule has 1 rings (SSSR count). The van der Waals surface area contributed by atoms with Crippen LogP contribution in [-0.2, 0) is 9.47 Å². The fraction of sp³-hybridized carbons (Fsp3) is 0.500. The molecule has 100 valence electrons. The van der Waals surface area contributed by atoms with E-state index in [1.165, 1.54) is 5.38 Å². The molecular weight excluding hydrogens is 260 g/mol. The van der Waals surface area contributed by atoms with Gasteiger partial charge in [-0.1, -0.05) is 0 Å². The normalized spacial score (nSPS) is 10.3. The van der Waals surface area contributed by atoms with E-state index in [0.29, 0.717) is 26.4 Å². The van der Waals surface area contributed by atoms with E-state index < -0.39 is 11.9 Å². The van der Waals surface area contributed by atoms with Crippen LogP contribution in [-0.4, -0.2) is 55.4 Å². The molecule has 0 radical (unpaired) electrons. The van der Waals surface area contributed by atoms with Crippen LogP contribution in [0.3, 0.4) is 0 Å². The topological polar surface area (TPSA) is 97.8 Å². The van der Waals surface area contributed by atoms with E-state index in [-0.39, 0.29) is 10.7 Å². The number of nitrogens with zero attached hydrogens (tertiary/aromatic N) is 1. The molecule has 0 bridgehead atoms. The van der Waals surface area contributed by atoms with Crippen molar-refractivity contribution in [2.45, 2.75) is 0 Å². The number of hydrogen-bond acceptors (Lipinski definition) is 6. The Labute approximate surface area is 108 Å². The van der Waals surface area contributed by atoms with Crippen molar-refractivity contribution in [2.75, 3.05) is 33.5 Å². The Bertz CT molecular complexity index is 407. The number of aromatic carboxylic acids is 1. The standard InChI is InChI=1S/C10H14N2O5S/c1-16-4-5-17-3-2-11-8(13)9-12-7(6-18-9)10(14)15/h6H,2-5H2,1H3,(H,11,13)(H,14,15). The van der Waals surface area contributed by atoms with Gasteiger partial charge in [-0.25, -0.2) is 9.78 Å². The van der Waals surface area contributed by atoms with Crippen LogP contribution in [0.2, 0.25) is 0 Å². The second-order valence-electron chi connectivity index (χ2n) is 3.20. The first-order valence-corrected chi connectivity index (χ1v) is 6.07. The molecule has 0 spiro atoms. The van der Waals surface area contributed by atoms with E-state index >= 15 is 0 Å². The van der Waals surface area contributed by atoms with Crippen molar-refractivity contribution in [1.29, 1.82) is 0 Å². The highest BCUT2D eigenvalue weighted by atomic mass is 32.1. The summed E-state index contributed by atoms with van der Waals surface area (Å²) in [6.45, 7) is 1.67. The molecule has 0 saturated carbocycles. The molecule has 1 aromatic rings. The van der Waals surface area contributed by atoms with Gasteiger partial charge in [-0.2, -0.15) is 0 Å². The Balaban J connectivity index is 2.25. The van der Waals surface area contributed by atoms with Crippen molar-refractivity contribution in [1.82, 2.24) is 10.3 Å². The van der Waals surface area contributed by atoms with Crippen molar-refractivity contribution in [3.05, 3.63) is 16.1 Å². The zero-order valence-corrected chi connectivity index (χ0v) is 10.7. The quantitative estimate of drug-likeness (QED) is 0.659. The molecule has 2 N–H and O–H groups in total. The van der Waals surface area contributed by atoms with Crippen molar-refractivity contribution in [3.8, 4) is 0 Å². The molecule has 0 aromatic carbocycles. The molecule has 0 aliphatic carbocycles. The summed E-state index contributed by atoms with van der Waals surface area (Å²) in [6.07, 6.45) is 0. The summed E-state index contributed by atoms with van der Waals surface area (Å²) in [4.78, 5) is 25.8. The molecule has 1 aromatic heterocycles. The van der Waals surface area contributed by atoms with Crippen molar-refractivity contribution in [2.24, 2.45) is 0 Å². The van der Waals surface area contributed by atoms with Crippen molar-refractivity contribution < 1.29 is 24.2 Å². The van der Waals surface area contributed by atoms with E-state index in [1.54, 1.807) is 7.11 Å². The first-order valence-electron chi connectivity index (χ1n) is 5.19. The number of carbonyl (C=O) groups is 2. The van der Waals surface area contributed by atoms with Gasteiger partial charge in [-0.15, -0.1) is 11.3 Å². The van der Waals surface area contributed by atoms with Gasteiger partial charge in [0.05, 0.1) is 19.8 Å². The molecule has 7 nitrogen and oxygen atoms in total. The number of methoxy groups -OCH3 is 1. The van der Waals surface area contributed by atoms with Gasteiger partial charge in [-0.3, -0.25) is 4.79 Å². The third-order valence-electron chi connectivity index (χ3n) is 1.88. The number of nitrogens with one attached hydrogen (secondary N) is 1. The predicted molar refractivity (Wildman–Crippen MR) is 64.1 cm³/mol. The van der Waals surface area contributed by atoms with Gasteiger partial charge in [0.1, 0.15) is 0 Å². The Morgan fingerprint density at radius 3 is 2.83 bits per heavy atom. The number of amides is 1. The molecule has 0 unspecified atom stereocenters. The minimum absolute atomic E-state index is 0.124. The maximum absolute atomic E-state index is 11.5. The Morgan fingerprint density at radius 1 is 1.44 bits per heavy atom. The zero-order chi connectivity index (χ0) is 13.4. The number of hydrogen-bond donors (Lipinski definition) is 2. The van der Waals surface area contributed by atoms with Gasteiger partial charge in [0.25, 0.3) is 5.91 Å². The number of thiazole rings is 1. The summed E-state index contributed by atoms with van der Waals surface area (Å²) in [5, 5.41) is 12.7. The summed E-state index contributed by atoms with van der Waals surface area (Å²) >= 11 is 0.993. The van der Waals surface area contributed by atoms with Gasteiger partial charge in [0.2, 0.25) is 0 Å². The Morgan fingerprint density at radius 2 is 2.22 bits per heavy atom. The predicted octanol–water partition coefficient (Wildman–Crippen LogP) is 0.234. The molecule has 0 saturated heterocycles. The zero-order valence-electron chi connectivity index (χ0n) is 9.84. The van der Waals surface area contributed by atoms with E-state index in [0.717, 1.165) is 11.3 Å². The number of ether oxygens (including phenoxy) is 2. The highest BCUT2D eigenvalue weighted by Gasteiger charge is 2.13. The number of carbonyl (C=O) groups excluding carboxylic acids is 1. The minimum atomic E-state index is -1.15. The lowest BCUT2D eigenvalue weighted by atomic mass is 10.5. The molecule has 1 heterocycles. The summed E-state index contributed by atoms with van der Waals surface area (Å²) in [5.41, 5.74) is -0.124. The van der Waals surface area contributed by atoms with Crippen LogP contribution in [0.5, 0.6) is 0 Å². The van der Waals surface area contributed by atoms with E-state index in [9.17, 15) is 9.59 Å². The molecular formula is C10H14N2O5S. The third-order valence-corrected chi connectivity index (χ3v) is 2.72.